The topological polar surface area (TPSA) is 89.4 Å². The molecule has 6 nitrogen and oxygen atoms in total. The maximum Gasteiger partial charge on any atom is 0.292 e. The Morgan fingerprint density at radius 3 is 2.65 bits per heavy atom. The van der Waals surface area contributed by atoms with Crippen LogP contribution in [0, 0.1) is 5.92 Å². The summed E-state index contributed by atoms with van der Waals surface area (Å²) in [6.07, 6.45) is 1.16. The minimum Gasteiger partial charge on any atom is -0.369 e. The highest BCUT2D eigenvalue weighted by Crippen LogP contribution is 2.24. The quantitative estimate of drug-likeness (QED) is 0.933. The summed E-state index contributed by atoms with van der Waals surface area (Å²) in [4.78, 5) is 25.3. The van der Waals surface area contributed by atoms with Crippen LogP contribution in [0.4, 0.5) is 0 Å². The van der Waals surface area contributed by atoms with Gasteiger partial charge in [-0.15, -0.1) is 0 Å². The summed E-state index contributed by atoms with van der Waals surface area (Å²) in [5, 5.41) is 4.52. The first-order valence-corrected chi connectivity index (χ1v) is 7.73. The zero-order chi connectivity index (χ0) is 16.4. The molecular weight excluding hydrogens is 318 g/mol. The number of halogens is 1. The molecule has 0 unspecified atom stereocenters. The van der Waals surface area contributed by atoms with Crippen molar-refractivity contribution in [1.29, 1.82) is 0 Å². The molecule has 2 N–H and O–H groups in total. The molecule has 0 bridgehead atoms. The van der Waals surface area contributed by atoms with E-state index >= 15 is 0 Å². The molecule has 2 amide bonds. The third-order valence-electron chi connectivity index (χ3n) is 4.03. The van der Waals surface area contributed by atoms with E-state index in [1.807, 2.05) is 12.1 Å². The maximum absolute atomic E-state index is 12.4. The van der Waals surface area contributed by atoms with Crippen LogP contribution in [0.2, 0.25) is 5.02 Å². The summed E-state index contributed by atoms with van der Waals surface area (Å²) in [5.41, 5.74) is 6.64. The second kappa shape index (κ2) is 6.42. The highest BCUT2D eigenvalue weighted by Gasteiger charge is 2.28. The molecule has 7 heteroatoms. The van der Waals surface area contributed by atoms with Crippen LogP contribution in [0.1, 0.15) is 23.4 Å². The molecule has 0 aliphatic carbocycles. The van der Waals surface area contributed by atoms with E-state index < -0.39 is 0 Å². The molecule has 0 saturated carbocycles. The Bertz CT molecular complexity index is 736. The van der Waals surface area contributed by atoms with Gasteiger partial charge < -0.3 is 15.2 Å². The Hall–Kier alpha value is -2.34. The molecule has 1 fully saturated rings. The van der Waals surface area contributed by atoms with Gasteiger partial charge in [-0.2, -0.15) is 0 Å². The number of aromatic nitrogens is 1. The molecule has 3 rings (SSSR count). The molecule has 2 aromatic rings. The largest absolute Gasteiger partial charge is 0.369 e. The number of piperidine rings is 1. The van der Waals surface area contributed by atoms with Crippen LogP contribution in [-0.4, -0.2) is 35.0 Å². The smallest absolute Gasteiger partial charge is 0.292 e. The molecule has 0 spiro atoms. The van der Waals surface area contributed by atoms with Crippen molar-refractivity contribution >= 4 is 23.4 Å². The summed E-state index contributed by atoms with van der Waals surface area (Å²) >= 11 is 5.95. The summed E-state index contributed by atoms with van der Waals surface area (Å²) in [6, 6.07) is 8.78. The first-order valence-electron chi connectivity index (χ1n) is 7.36. The first-order chi connectivity index (χ1) is 11.0. The van der Waals surface area contributed by atoms with Gasteiger partial charge in [0.2, 0.25) is 11.7 Å². The highest BCUT2D eigenvalue weighted by molar-refractivity contribution is 6.30. The summed E-state index contributed by atoms with van der Waals surface area (Å²) < 4.78 is 5.17. The van der Waals surface area contributed by atoms with E-state index in [-0.39, 0.29) is 23.5 Å². The third kappa shape index (κ3) is 3.37. The minimum absolute atomic E-state index is 0.157. The Labute approximate surface area is 138 Å². The zero-order valence-electron chi connectivity index (χ0n) is 12.4. The number of likely N-dealkylation sites (tertiary alicyclic amines) is 1. The Morgan fingerprint density at radius 1 is 1.26 bits per heavy atom. The summed E-state index contributed by atoms with van der Waals surface area (Å²) in [6.45, 7) is 0.972. The second-order valence-corrected chi connectivity index (χ2v) is 5.99. The highest BCUT2D eigenvalue weighted by atomic mass is 35.5. The third-order valence-corrected chi connectivity index (χ3v) is 4.26. The molecule has 120 valence electrons. The SMILES string of the molecule is NC(=O)C1CCN(C(=O)c2cc(-c3cccc(Cl)c3)no2)CC1. The van der Waals surface area contributed by atoms with Crippen molar-refractivity contribution in [2.24, 2.45) is 11.7 Å². The predicted molar refractivity (Wildman–Crippen MR) is 84.8 cm³/mol. The maximum atomic E-state index is 12.4. The van der Waals surface area contributed by atoms with Gasteiger partial charge in [-0.1, -0.05) is 28.9 Å². The van der Waals surface area contributed by atoms with Gasteiger partial charge in [0, 0.05) is 35.7 Å². The van der Waals surface area contributed by atoms with Crippen LogP contribution in [-0.2, 0) is 4.79 Å². The van der Waals surface area contributed by atoms with Crippen LogP contribution in [0.15, 0.2) is 34.9 Å². The number of nitrogens with two attached hydrogens (primary N) is 1. The van der Waals surface area contributed by atoms with Gasteiger partial charge in [-0.3, -0.25) is 9.59 Å². The van der Waals surface area contributed by atoms with Gasteiger partial charge in [-0.25, -0.2) is 0 Å². The lowest BCUT2D eigenvalue weighted by molar-refractivity contribution is -0.123. The van der Waals surface area contributed by atoms with E-state index in [9.17, 15) is 9.59 Å². The van der Waals surface area contributed by atoms with E-state index in [1.54, 1.807) is 23.1 Å². The predicted octanol–water partition coefficient (Wildman–Crippen LogP) is 2.33. The van der Waals surface area contributed by atoms with Crippen molar-refractivity contribution in [1.82, 2.24) is 10.1 Å². The van der Waals surface area contributed by atoms with Gasteiger partial charge in [0.25, 0.3) is 5.91 Å². The normalized spacial score (nSPS) is 15.6. The zero-order valence-corrected chi connectivity index (χ0v) is 13.1. The Morgan fingerprint density at radius 2 is 2.00 bits per heavy atom. The fourth-order valence-electron chi connectivity index (χ4n) is 2.68. The Balaban J connectivity index is 1.71. The van der Waals surface area contributed by atoms with Crippen LogP contribution in [0.5, 0.6) is 0 Å². The van der Waals surface area contributed by atoms with E-state index in [4.69, 9.17) is 21.9 Å². The number of rotatable bonds is 3. The van der Waals surface area contributed by atoms with Gasteiger partial charge in [0.15, 0.2) is 0 Å². The Kier molecular flexibility index (Phi) is 4.34. The number of primary amides is 1. The minimum atomic E-state index is -0.306. The first kappa shape index (κ1) is 15.6. The van der Waals surface area contributed by atoms with Crippen molar-refractivity contribution in [3.05, 3.63) is 41.1 Å². The number of hydrogen-bond donors (Lipinski definition) is 1. The van der Waals surface area contributed by atoms with E-state index in [0.29, 0.717) is 36.6 Å². The number of carbonyl (C=O) groups is 2. The molecule has 1 saturated heterocycles. The number of nitrogens with zero attached hydrogens (tertiary/aromatic N) is 2. The molecule has 0 atom stereocenters. The van der Waals surface area contributed by atoms with Crippen molar-refractivity contribution in [2.45, 2.75) is 12.8 Å². The van der Waals surface area contributed by atoms with Crippen LogP contribution in [0.3, 0.4) is 0 Å². The van der Waals surface area contributed by atoms with Crippen LogP contribution in [0.25, 0.3) is 11.3 Å². The van der Waals surface area contributed by atoms with Crippen LogP contribution < -0.4 is 5.73 Å². The molecule has 2 heterocycles. The lowest BCUT2D eigenvalue weighted by Gasteiger charge is -2.29. The van der Waals surface area contributed by atoms with Gasteiger partial charge in [0.05, 0.1) is 0 Å². The number of benzene rings is 1. The number of carbonyl (C=O) groups excluding carboxylic acids is 2. The number of amides is 2. The van der Waals surface area contributed by atoms with Crippen molar-refractivity contribution in [3.8, 4) is 11.3 Å². The average molecular weight is 334 g/mol. The van der Waals surface area contributed by atoms with Crippen molar-refractivity contribution in [3.63, 3.8) is 0 Å². The average Bonchev–Trinajstić information content (AvgIpc) is 3.04. The monoisotopic (exact) mass is 333 g/mol. The number of hydrogen-bond acceptors (Lipinski definition) is 4. The molecule has 1 aliphatic heterocycles. The van der Waals surface area contributed by atoms with E-state index in [1.165, 1.54) is 0 Å². The molecule has 1 aromatic carbocycles. The molecule has 23 heavy (non-hydrogen) atoms. The summed E-state index contributed by atoms with van der Waals surface area (Å²) in [5.74, 6) is -0.512. The second-order valence-electron chi connectivity index (χ2n) is 5.56. The van der Waals surface area contributed by atoms with Crippen molar-refractivity contribution < 1.29 is 14.1 Å². The van der Waals surface area contributed by atoms with Gasteiger partial charge in [-0.05, 0) is 25.0 Å². The molecule has 1 aromatic heterocycles. The van der Waals surface area contributed by atoms with E-state index in [0.717, 1.165) is 5.56 Å². The fourth-order valence-corrected chi connectivity index (χ4v) is 2.87. The molecule has 0 radical (unpaired) electrons. The fraction of sp³-hybridized carbons (Fsp3) is 0.312. The van der Waals surface area contributed by atoms with Gasteiger partial charge >= 0.3 is 0 Å². The van der Waals surface area contributed by atoms with E-state index in [2.05, 4.69) is 5.16 Å². The van der Waals surface area contributed by atoms with Gasteiger partial charge in [0.1, 0.15) is 5.69 Å². The van der Waals surface area contributed by atoms with Crippen molar-refractivity contribution in [2.75, 3.05) is 13.1 Å². The lowest BCUT2D eigenvalue weighted by Crippen LogP contribution is -2.41. The summed E-state index contributed by atoms with van der Waals surface area (Å²) in [7, 11) is 0. The van der Waals surface area contributed by atoms with Crippen LogP contribution >= 0.6 is 11.6 Å². The lowest BCUT2D eigenvalue weighted by atomic mass is 9.96. The molecule has 1 aliphatic rings. The molecular formula is C16H16ClN3O3. The standard InChI is InChI=1S/C16H16ClN3O3/c17-12-3-1-2-11(8-12)13-9-14(23-19-13)16(22)20-6-4-10(5-7-20)15(18)21/h1-3,8-10H,4-7H2,(H2,18,21).